The van der Waals surface area contributed by atoms with E-state index < -0.39 is 0 Å². The third-order valence-electron chi connectivity index (χ3n) is 5.57. The summed E-state index contributed by atoms with van der Waals surface area (Å²) in [5.41, 5.74) is 1.15. The molecule has 5 heteroatoms. The standard InChI is InChI=1S/C18H33N5/c1-4-21-9-5-17(6-10-21)22-11-7-18(8-12-22)23-14-16(19-20-23)13-15(2)3/h14-15,17-18H,4-13H2,1-3H3. The van der Waals surface area contributed by atoms with Gasteiger partial charge in [-0.1, -0.05) is 26.0 Å². The van der Waals surface area contributed by atoms with Crippen molar-refractivity contribution in [3.05, 3.63) is 11.9 Å². The first-order chi connectivity index (χ1) is 11.2. The monoisotopic (exact) mass is 319 g/mol. The summed E-state index contributed by atoms with van der Waals surface area (Å²) in [6, 6.07) is 1.36. The average molecular weight is 319 g/mol. The third-order valence-corrected chi connectivity index (χ3v) is 5.57. The minimum absolute atomic E-state index is 0.551. The number of hydrogen-bond acceptors (Lipinski definition) is 4. The highest BCUT2D eigenvalue weighted by Gasteiger charge is 2.28. The molecule has 0 radical (unpaired) electrons. The second kappa shape index (κ2) is 7.75. The molecule has 1 aromatic rings. The summed E-state index contributed by atoms with van der Waals surface area (Å²) in [6.07, 6.45) is 8.35. The summed E-state index contributed by atoms with van der Waals surface area (Å²) >= 11 is 0. The van der Waals surface area contributed by atoms with Gasteiger partial charge in [0.1, 0.15) is 0 Å². The Kier molecular flexibility index (Phi) is 5.70. The molecule has 0 amide bonds. The number of rotatable bonds is 5. The molecule has 2 fully saturated rings. The van der Waals surface area contributed by atoms with Gasteiger partial charge < -0.3 is 9.80 Å². The topological polar surface area (TPSA) is 37.2 Å². The summed E-state index contributed by atoms with van der Waals surface area (Å²) in [6.45, 7) is 13.0. The Balaban J connectivity index is 1.47. The summed E-state index contributed by atoms with van der Waals surface area (Å²) in [5.74, 6) is 0.649. The molecule has 5 nitrogen and oxygen atoms in total. The second-order valence-electron chi connectivity index (χ2n) is 7.72. The van der Waals surface area contributed by atoms with E-state index in [-0.39, 0.29) is 0 Å². The molecule has 0 bridgehead atoms. The van der Waals surface area contributed by atoms with E-state index in [0.717, 1.165) is 18.2 Å². The van der Waals surface area contributed by atoms with Gasteiger partial charge in [-0.05, 0) is 57.7 Å². The molecule has 0 aliphatic carbocycles. The Morgan fingerprint density at radius 3 is 2.30 bits per heavy atom. The molecule has 1 aromatic heterocycles. The summed E-state index contributed by atoms with van der Waals surface area (Å²) < 4.78 is 2.13. The predicted molar refractivity (Wildman–Crippen MR) is 93.5 cm³/mol. The Bertz CT molecular complexity index is 468. The van der Waals surface area contributed by atoms with Crippen molar-refractivity contribution in [1.82, 2.24) is 24.8 Å². The Labute approximate surface area is 141 Å². The minimum Gasteiger partial charge on any atom is -0.303 e. The highest BCUT2D eigenvalue weighted by atomic mass is 15.4. The normalized spacial score (nSPS) is 23.0. The van der Waals surface area contributed by atoms with Crippen LogP contribution in [0, 0.1) is 5.92 Å². The van der Waals surface area contributed by atoms with Crippen molar-refractivity contribution < 1.29 is 0 Å². The van der Waals surface area contributed by atoms with E-state index in [2.05, 4.69) is 51.8 Å². The Morgan fingerprint density at radius 1 is 1.04 bits per heavy atom. The van der Waals surface area contributed by atoms with E-state index in [1.54, 1.807) is 0 Å². The lowest BCUT2D eigenvalue weighted by atomic mass is 9.98. The maximum Gasteiger partial charge on any atom is 0.0829 e. The molecular formula is C18H33N5. The van der Waals surface area contributed by atoms with E-state index in [1.807, 2.05) is 0 Å². The zero-order chi connectivity index (χ0) is 16.2. The number of likely N-dealkylation sites (tertiary alicyclic amines) is 2. The van der Waals surface area contributed by atoms with Crippen LogP contribution in [0.1, 0.15) is 58.2 Å². The zero-order valence-electron chi connectivity index (χ0n) is 15.1. The van der Waals surface area contributed by atoms with Gasteiger partial charge in [0, 0.05) is 25.3 Å². The SMILES string of the molecule is CCN1CCC(N2CCC(n3cc(CC(C)C)nn3)CC2)CC1. The maximum absolute atomic E-state index is 4.39. The number of piperidine rings is 2. The molecule has 0 saturated carbocycles. The van der Waals surface area contributed by atoms with Crippen molar-refractivity contribution in [3.8, 4) is 0 Å². The third kappa shape index (κ3) is 4.32. The van der Waals surface area contributed by atoms with Crippen LogP contribution in [-0.4, -0.2) is 63.6 Å². The van der Waals surface area contributed by atoms with Crippen molar-refractivity contribution in [2.75, 3.05) is 32.7 Å². The fraction of sp³-hybridized carbons (Fsp3) is 0.889. The molecule has 3 rings (SSSR count). The van der Waals surface area contributed by atoms with Gasteiger partial charge in [0.25, 0.3) is 0 Å². The molecule has 0 atom stereocenters. The van der Waals surface area contributed by atoms with Gasteiger partial charge in [0.05, 0.1) is 11.7 Å². The molecule has 0 aromatic carbocycles. The number of hydrogen-bond donors (Lipinski definition) is 0. The van der Waals surface area contributed by atoms with Crippen molar-refractivity contribution in [2.24, 2.45) is 5.92 Å². The first-order valence-electron chi connectivity index (χ1n) is 9.52. The largest absolute Gasteiger partial charge is 0.303 e. The smallest absolute Gasteiger partial charge is 0.0829 e. The van der Waals surface area contributed by atoms with E-state index in [0.29, 0.717) is 12.0 Å². The molecule has 0 unspecified atom stereocenters. The molecule has 2 aliphatic heterocycles. The highest BCUT2D eigenvalue weighted by Crippen LogP contribution is 2.26. The molecule has 0 N–H and O–H groups in total. The molecule has 130 valence electrons. The second-order valence-corrected chi connectivity index (χ2v) is 7.72. The van der Waals surface area contributed by atoms with Gasteiger partial charge in [-0.2, -0.15) is 0 Å². The summed E-state index contributed by atoms with van der Waals surface area (Å²) in [7, 11) is 0. The Morgan fingerprint density at radius 2 is 1.70 bits per heavy atom. The van der Waals surface area contributed by atoms with E-state index in [4.69, 9.17) is 0 Å². The molecule has 23 heavy (non-hydrogen) atoms. The van der Waals surface area contributed by atoms with Crippen LogP contribution in [0.5, 0.6) is 0 Å². The minimum atomic E-state index is 0.551. The lowest BCUT2D eigenvalue weighted by Crippen LogP contribution is -2.47. The van der Waals surface area contributed by atoms with E-state index in [9.17, 15) is 0 Å². The molecule has 0 spiro atoms. The van der Waals surface area contributed by atoms with Crippen molar-refractivity contribution >= 4 is 0 Å². The fourth-order valence-corrected chi connectivity index (χ4v) is 4.12. The van der Waals surface area contributed by atoms with Gasteiger partial charge >= 0.3 is 0 Å². The van der Waals surface area contributed by atoms with Crippen molar-refractivity contribution in [2.45, 2.75) is 65.0 Å². The first-order valence-corrected chi connectivity index (χ1v) is 9.52. The van der Waals surface area contributed by atoms with Gasteiger partial charge in [0.2, 0.25) is 0 Å². The van der Waals surface area contributed by atoms with Crippen LogP contribution < -0.4 is 0 Å². The number of aromatic nitrogens is 3. The van der Waals surface area contributed by atoms with Gasteiger partial charge in [-0.25, -0.2) is 4.68 Å². The van der Waals surface area contributed by atoms with Crippen LogP contribution in [0.15, 0.2) is 6.20 Å². The average Bonchev–Trinajstić information content (AvgIpc) is 3.03. The first kappa shape index (κ1) is 16.9. The fourth-order valence-electron chi connectivity index (χ4n) is 4.12. The van der Waals surface area contributed by atoms with Crippen molar-refractivity contribution in [3.63, 3.8) is 0 Å². The van der Waals surface area contributed by atoms with Gasteiger partial charge in [-0.3, -0.25) is 0 Å². The zero-order valence-corrected chi connectivity index (χ0v) is 15.1. The van der Waals surface area contributed by atoms with Crippen LogP contribution in [0.2, 0.25) is 0 Å². The van der Waals surface area contributed by atoms with Crippen LogP contribution in [-0.2, 0) is 6.42 Å². The quantitative estimate of drug-likeness (QED) is 0.836. The highest BCUT2D eigenvalue weighted by molar-refractivity contribution is 4.95. The summed E-state index contributed by atoms with van der Waals surface area (Å²) in [5, 5.41) is 8.74. The number of nitrogens with zero attached hydrogens (tertiary/aromatic N) is 5. The van der Waals surface area contributed by atoms with Crippen molar-refractivity contribution in [1.29, 1.82) is 0 Å². The lowest BCUT2D eigenvalue weighted by molar-refractivity contribution is 0.0788. The van der Waals surface area contributed by atoms with E-state index >= 15 is 0 Å². The van der Waals surface area contributed by atoms with Gasteiger partial charge in [-0.15, -0.1) is 5.10 Å². The van der Waals surface area contributed by atoms with Gasteiger partial charge in [0.15, 0.2) is 0 Å². The van der Waals surface area contributed by atoms with E-state index in [1.165, 1.54) is 58.4 Å². The summed E-state index contributed by atoms with van der Waals surface area (Å²) in [4.78, 5) is 5.31. The van der Waals surface area contributed by atoms with Crippen LogP contribution >= 0.6 is 0 Å². The maximum atomic E-state index is 4.39. The van der Waals surface area contributed by atoms with Crippen LogP contribution in [0.3, 0.4) is 0 Å². The molecule has 3 heterocycles. The van der Waals surface area contributed by atoms with Crippen LogP contribution in [0.4, 0.5) is 0 Å². The molecule has 2 aliphatic rings. The predicted octanol–water partition coefficient (Wildman–Crippen LogP) is 2.60. The Hall–Kier alpha value is -0.940. The van der Waals surface area contributed by atoms with Crippen LogP contribution in [0.25, 0.3) is 0 Å². The molecule has 2 saturated heterocycles. The lowest BCUT2D eigenvalue weighted by Gasteiger charge is -2.41. The molecular weight excluding hydrogens is 286 g/mol.